The molecule has 0 saturated heterocycles. The first-order valence-electron chi connectivity index (χ1n) is 7.75. The molecule has 0 saturated carbocycles. The monoisotopic (exact) mass is 414 g/mol. The molecular weight excluding hydrogens is 407 g/mol. The number of H-pyrrole nitrogens is 1. The van der Waals surface area contributed by atoms with Crippen LogP contribution in [0.2, 0.25) is 15.1 Å². The van der Waals surface area contributed by atoms with Crippen LogP contribution in [0.15, 0.2) is 53.5 Å². The average molecular weight is 416 g/mol. The van der Waals surface area contributed by atoms with E-state index < -0.39 is 0 Å². The molecular formula is C19H9Cl3N4O. The Labute approximate surface area is 168 Å². The van der Waals surface area contributed by atoms with Crippen molar-refractivity contribution in [2.45, 2.75) is 0 Å². The lowest BCUT2D eigenvalue weighted by molar-refractivity contribution is 0.905. The summed E-state index contributed by atoms with van der Waals surface area (Å²) in [6, 6.07) is 13.9. The molecule has 0 atom stereocenters. The highest BCUT2D eigenvalue weighted by Gasteiger charge is 2.19. The summed E-state index contributed by atoms with van der Waals surface area (Å²) in [5.41, 5.74) is 2.11. The minimum absolute atomic E-state index is 0.221. The van der Waals surface area contributed by atoms with Crippen molar-refractivity contribution in [2.24, 2.45) is 0 Å². The van der Waals surface area contributed by atoms with E-state index in [0.717, 1.165) is 0 Å². The van der Waals surface area contributed by atoms with Crippen LogP contribution < -0.4 is 5.56 Å². The molecule has 0 unspecified atom stereocenters. The number of halogens is 3. The first-order chi connectivity index (χ1) is 13.0. The highest BCUT2D eigenvalue weighted by Crippen LogP contribution is 2.32. The standard InChI is InChI=1S/C19H9Cl3N4O/c20-11-3-1-10(2-4-11)15-9-24-18-14(8-23)17(25-26(18)19(15)27)13-6-5-12(21)7-16(13)22/h1-7,9,25H. The van der Waals surface area contributed by atoms with Crippen molar-refractivity contribution in [3.8, 4) is 28.5 Å². The molecule has 0 bridgehead atoms. The predicted octanol–water partition coefficient (Wildman–Crippen LogP) is 5.19. The number of hydrogen-bond acceptors (Lipinski definition) is 3. The summed E-state index contributed by atoms with van der Waals surface area (Å²) < 4.78 is 1.24. The van der Waals surface area contributed by atoms with Gasteiger partial charge in [-0.15, -0.1) is 0 Å². The van der Waals surface area contributed by atoms with Crippen LogP contribution in [0, 0.1) is 11.3 Å². The summed E-state index contributed by atoms with van der Waals surface area (Å²) in [5, 5.41) is 14.0. The fourth-order valence-electron chi connectivity index (χ4n) is 2.84. The van der Waals surface area contributed by atoms with E-state index in [-0.39, 0.29) is 16.8 Å². The fraction of sp³-hybridized carbons (Fsp3) is 0. The lowest BCUT2D eigenvalue weighted by Gasteiger charge is -2.02. The van der Waals surface area contributed by atoms with E-state index in [0.29, 0.717) is 37.5 Å². The molecule has 0 radical (unpaired) electrons. The van der Waals surface area contributed by atoms with Crippen LogP contribution in [0.25, 0.3) is 28.0 Å². The molecule has 8 heteroatoms. The summed E-state index contributed by atoms with van der Waals surface area (Å²) >= 11 is 18.1. The van der Waals surface area contributed by atoms with Crippen molar-refractivity contribution in [3.63, 3.8) is 0 Å². The molecule has 2 aromatic carbocycles. The summed E-state index contributed by atoms with van der Waals surface area (Å²) in [5.74, 6) is 0. The number of nitrogens with zero attached hydrogens (tertiary/aromatic N) is 3. The van der Waals surface area contributed by atoms with Crippen molar-refractivity contribution >= 4 is 40.4 Å². The SMILES string of the molecule is N#Cc1c(-c2ccc(Cl)cc2Cl)[nH]n2c(=O)c(-c3ccc(Cl)cc3)cnc12. The van der Waals surface area contributed by atoms with Crippen LogP contribution in [0.3, 0.4) is 0 Å². The molecule has 0 spiro atoms. The highest BCUT2D eigenvalue weighted by molar-refractivity contribution is 6.36. The second-order valence-corrected chi connectivity index (χ2v) is 7.02. The fourth-order valence-corrected chi connectivity index (χ4v) is 3.46. The molecule has 0 fully saturated rings. The molecule has 0 amide bonds. The normalized spacial score (nSPS) is 10.9. The van der Waals surface area contributed by atoms with Crippen LogP contribution in [-0.4, -0.2) is 14.6 Å². The molecule has 4 rings (SSSR count). The van der Waals surface area contributed by atoms with Gasteiger partial charge in [-0.05, 0) is 35.9 Å². The Hall–Kier alpha value is -2.78. The van der Waals surface area contributed by atoms with Crippen molar-refractivity contribution < 1.29 is 0 Å². The van der Waals surface area contributed by atoms with Gasteiger partial charge < -0.3 is 0 Å². The highest BCUT2D eigenvalue weighted by atomic mass is 35.5. The number of aromatic amines is 1. The minimum Gasteiger partial charge on any atom is -0.287 e. The average Bonchev–Trinajstić information content (AvgIpc) is 3.02. The van der Waals surface area contributed by atoms with E-state index >= 15 is 0 Å². The van der Waals surface area contributed by atoms with E-state index in [1.165, 1.54) is 10.7 Å². The number of benzene rings is 2. The third-order valence-corrected chi connectivity index (χ3v) is 4.93. The third-order valence-electron chi connectivity index (χ3n) is 4.13. The zero-order chi connectivity index (χ0) is 19.1. The molecule has 132 valence electrons. The van der Waals surface area contributed by atoms with E-state index in [4.69, 9.17) is 34.8 Å². The van der Waals surface area contributed by atoms with Gasteiger partial charge in [0.15, 0.2) is 5.65 Å². The van der Waals surface area contributed by atoms with Crippen molar-refractivity contribution in [2.75, 3.05) is 0 Å². The summed E-state index contributed by atoms with van der Waals surface area (Å²) in [6.45, 7) is 0. The Balaban J connectivity index is 1.98. The van der Waals surface area contributed by atoms with Crippen LogP contribution in [0.5, 0.6) is 0 Å². The number of aromatic nitrogens is 3. The molecule has 0 aliphatic heterocycles. The van der Waals surface area contributed by atoms with E-state index in [1.54, 1.807) is 42.5 Å². The van der Waals surface area contributed by atoms with E-state index in [1.807, 2.05) is 0 Å². The van der Waals surface area contributed by atoms with Gasteiger partial charge in [0.2, 0.25) is 0 Å². The quantitative estimate of drug-likeness (QED) is 0.489. The lowest BCUT2D eigenvalue weighted by atomic mass is 10.1. The van der Waals surface area contributed by atoms with Gasteiger partial charge in [0.05, 0.1) is 16.3 Å². The molecule has 2 aromatic heterocycles. The van der Waals surface area contributed by atoms with Crippen LogP contribution in [0.1, 0.15) is 5.56 Å². The molecule has 0 aliphatic rings. The second kappa shape index (κ2) is 6.75. The van der Waals surface area contributed by atoms with E-state index in [9.17, 15) is 10.1 Å². The molecule has 2 heterocycles. The third kappa shape index (κ3) is 2.98. The summed E-state index contributed by atoms with van der Waals surface area (Å²) in [7, 11) is 0. The maximum Gasteiger partial charge on any atom is 0.280 e. The molecule has 1 N–H and O–H groups in total. The second-order valence-electron chi connectivity index (χ2n) is 5.74. The largest absolute Gasteiger partial charge is 0.287 e. The predicted molar refractivity (Wildman–Crippen MR) is 106 cm³/mol. The van der Waals surface area contributed by atoms with Crippen molar-refractivity contribution in [1.82, 2.24) is 14.6 Å². The lowest BCUT2D eigenvalue weighted by Crippen LogP contribution is -2.17. The van der Waals surface area contributed by atoms with Gasteiger partial charge in [-0.25, -0.2) is 4.98 Å². The Morgan fingerprint density at radius 1 is 1.00 bits per heavy atom. The number of rotatable bonds is 2. The Kier molecular flexibility index (Phi) is 4.40. The van der Waals surface area contributed by atoms with Crippen molar-refractivity contribution in [1.29, 1.82) is 5.26 Å². The topological polar surface area (TPSA) is 73.9 Å². The Morgan fingerprint density at radius 2 is 1.70 bits per heavy atom. The van der Waals surface area contributed by atoms with Gasteiger partial charge in [0.1, 0.15) is 11.6 Å². The van der Waals surface area contributed by atoms with Gasteiger partial charge in [-0.1, -0.05) is 46.9 Å². The van der Waals surface area contributed by atoms with Crippen LogP contribution in [-0.2, 0) is 0 Å². The molecule has 27 heavy (non-hydrogen) atoms. The van der Waals surface area contributed by atoms with Gasteiger partial charge >= 0.3 is 0 Å². The number of hydrogen-bond donors (Lipinski definition) is 1. The first kappa shape index (κ1) is 17.6. The summed E-state index contributed by atoms with van der Waals surface area (Å²) in [4.78, 5) is 17.3. The maximum absolute atomic E-state index is 13.0. The zero-order valence-electron chi connectivity index (χ0n) is 13.5. The van der Waals surface area contributed by atoms with E-state index in [2.05, 4.69) is 16.2 Å². The number of fused-ring (bicyclic) bond motifs is 1. The minimum atomic E-state index is -0.338. The maximum atomic E-state index is 13.0. The van der Waals surface area contributed by atoms with Gasteiger partial charge in [0.25, 0.3) is 5.56 Å². The van der Waals surface area contributed by atoms with Crippen molar-refractivity contribution in [3.05, 3.63) is 79.6 Å². The molecule has 4 aromatic rings. The summed E-state index contributed by atoms with van der Waals surface area (Å²) in [6.07, 6.45) is 1.45. The number of nitrogens with one attached hydrogen (secondary N) is 1. The number of nitriles is 1. The smallest absolute Gasteiger partial charge is 0.280 e. The first-order valence-corrected chi connectivity index (χ1v) is 8.88. The van der Waals surface area contributed by atoms with Gasteiger partial charge in [0, 0.05) is 21.8 Å². The van der Waals surface area contributed by atoms with Gasteiger partial charge in [-0.2, -0.15) is 9.78 Å². The Bertz CT molecular complexity index is 1280. The molecule has 5 nitrogen and oxygen atoms in total. The van der Waals surface area contributed by atoms with Crippen LogP contribution >= 0.6 is 34.8 Å². The van der Waals surface area contributed by atoms with Crippen LogP contribution in [0.4, 0.5) is 0 Å². The zero-order valence-corrected chi connectivity index (χ0v) is 15.8. The van der Waals surface area contributed by atoms with Gasteiger partial charge in [-0.3, -0.25) is 9.89 Å². The Morgan fingerprint density at radius 3 is 2.37 bits per heavy atom. The molecule has 0 aliphatic carbocycles.